The van der Waals surface area contributed by atoms with Crippen molar-refractivity contribution in [3.63, 3.8) is 0 Å². The fourth-order valence-corrected chi connectivity index (χ4v) is 5.35. The predicted octanol–water partition coefficient (Wildman–Crippen LogP) is 5.52. The van der Waals surface area contributed by atoms with Crippen LogP contribution in [0, 0.1) is 23.2 Å². The lowest BCUT2D eigenvalue weighted by atomic mass is 9.83. The van der Waals surface area contributed by atoms with E-state index >= 15 is 0 Å². The molecule has 1 unspecified atom stereocenters. The second kappa shape index (κ2) is 11.4. The molecule has 0 bridgehead atoms. The van der Waals surface area contributed by atoms with Crippen LogP contribution in [0.5, 0.6) is 0 Å². The molecule has 0 radical (unpaired) electrons. The Bertz CT molecular complexity index is 935. The molecule has 31 heavy (non-hydrogen) atoms. The van der Waals surface area contributed by atoms with Gasteiger partial charge < -0.3 is 10.6 Å². The molecule has 1 aromatic heterocycles. The summed E-state index contributed by atoms with van der Waals surface area (Å²) in [5.41, 5.74) is 1.68. The largest absolute Gasteiger partial charge is 0.356 e. The number of thiophene rings is 1. The topological polar surface area (TPSA) is 82.0 Å². The number of halogens is 1. The first-order chi connectivity index (χ1) is 15.0. The van der Waals surface area contributed by atoms with Gasteiger partial charge in [0.1, 0.15) is 0 Å². The Morgan fingerprint density at radius 3 is 2.61 bits per heavy atom. The number of hydrogen-bond donors (Lipinski definition) is 2. The van der Waals surface area contributed by atoms with Crippen LogP contribution in [0.4, 0.5) is 0 Å². The van der Waals surface area contributed by atoms with Crippen LogP contribution in [0.15, 0.2) is 40.2 Å². The second-order valence-electron chi connectivity index (χ2n) is 8.20. The Labute approximate surface area is 196 Å². The van der Waals surface area contributed by atoms with E-state index in [0.717, 1.165) is 46.3 Å². The number of hydrogen-bond acceptors (Lipinski definition) is 4. The van der Waals surface area contributed by atoms with Gasteiger partial charge in [0.15, 0.2) is 0 Å². The third kappa shape index (κ3) is 6.65. The summed E-state index contributed by atoms with van der Waals surface area (Å²) in [5.74, 6) is -0.0591. The van der Waals surface area contributed by atoms with Gasteiger partial charge in [-0.25, -0.2) is 0 Å². The van der Waals surface area contributed by atoms with Crippen molar-refractivity contribution < 1.29 is 9.59 Å². The molecule has 5 nitrogen and oxygen atoms in total. The number of carbonyl (C=O) groups excluding carboxylic acids is 2. The van der Waals surface area contributed by atoms with E-state index in [1.165, 1.54) is 0 Å². The molecule has 2 aromatic rings. The Hall–Kier alpha value is -2.17. The number of nitrogens with one attached hydrogen (secondary N) is 2. The zero-order chi connectivity index (χ0) is 22.2. The molecule has 0 spiro atoms. The Morgan fingerprint density at radius 1 is 1.19 bits per heavy atom. The molecule has 3 rings (SSSR count). The van der Waals surface area contributed by atoms with Crippen LogP contribution >= 0.6 is 27.3 Å². The van der Waals surface area contributed by atoms with Crippen molar-refractivity contribution in [3.8, 4) is 16.5 Å². The maximum atomic E-state index is 12.8. The number of benzene rings is 1. The van der Waals surface area contributed by atoms with Crippen LogP contribution in [0.1, 0.15) is 55.8 Å². The zero-order valence-electron chi connectivity index (χ0n) is 17.7. The lowest BCUT2D eigenvalue weighted by molar-refractivity contribution is -0.126. The van der Waals surface area contributed by atoms with Crippen molar-refractivity contribution >= 4 is 39.1 Å². The molecular weight excluding hydrogens is 474 g/mol. The van der Waals surface area contributed by atoms with Crippen LogP contribution in [0.2, 0.25) is 0 Å². The molecule has 1 saturated carbocycles. The summed E-state index contributed by atoms with van der Waals surface area (Å²) in [6.07, 6.45) is 4.91. The number of amides is 2. The minimum atomic E-state index is -0.202. The minimum Gasteiger partial charge on any atom is -0.356 e. The van der Waals surface area contributed by atoms with Gasteiger partial charge in [-0.2, -0.15) is 5.26 Å². The maximum absolute atomic E-state index is 12.8. The second-order valence-corrected chi connectivity index (χ2v) is 10.7. The van der Waals surface area contributed by atoms with Gasteiger partial charge in [-0.3, -0.25) is 9.59 Å². The van der Waals surface area contributed by atoms with Gasteiger partial charge >= 0.3 is 0 Å². The molecule has 164 valence electrons. The molecule has 2 amide bonds. The number of nitriles is 1. The maximum Gasteiger partial charge on any atom is 0.251 e. The van der Waals surface area contributed by atoms with Gasteiger partial charge in [0.25, 0.3) is 5.91 Å². The van der Waals surface area contributed by atoms with Crippen LogP contribution in [0.25, 0.3) is 10.4 Å². The molecule has 1 heterocycles. The first-order valence-electron chi connectivity index (χ1n) is 10.8. The highest BCUT2D eigenvalue weighted by molar-refractivity contribution is 9.11. The quantitative estimate of drug-likeness (QED) is 0.499. The molecule has 0 aliphatic heterocycles. The summed E-state index contributed by atoms with van der Waals surface area (Å²) in [5, 5.41) is 14.9. The van der Waals surface area contributed by atoms with Crippen molar-refractivity contribution in [2.24, 2.45) is 11.8 Å². The van der Waals surface area contributed by atoms with Crippen molar-refractivity contribution in [1.82, 2.24) is 10.6 Å². The molecule has 1 aliphatic rings. The molecule has 0 saturated heterocycles. The summed E-state index contributed by atoms with van der Waals surface area (Å²) in [6, 6.07) is 13.7. The van der Waals surface area contributed by atoms with E-state index in [1.54, 1.807) is 11.3 Å². The standard InChI is InChI=1S/C24H28BrN3O2S/c1-16(12-14-26)13-15-27-24(30)19-4-2-3-5-20(19)28-23(29)18-8-6-17(7-9-18)21-10-11-22(25)31-21/h6-11,16,19-20H,2-5,12-13,15H2,1H3,(H,27,30)(H,28,29)/t16?,19-,20+/m1/s1. The Morgan fingerprint density at radius 2 is 1.94 bits per heavy atom. The zero-order valence-corrected chi connectivity index (χ0v) is 20.1. The highest BCUT2D eigenvalue weighted by atomic mass is 79.9. The van der Waals surface area contributed by atoms with Crippen molar-refractivity contribution in [2.45, 2.75) is 51.5 Å². The number of carbonyl (C=O) groups is 2. The van der Waals surface area contributed by atoms with E-state index in [2.05, 4.69) is 38.7 Å². The molecule has 7 heteroatoms. The highest BCUT2D eigenvalue weighted by Crippen LogP contribution is 2.31. The van der Waals surface area contributed by atoms with Gasteiger partial charge in [-0.05, 0) is 70.9 Å². The molecular formula is C24H28BrN3O2S. The number of nitrogens with zero attached hydrogens (tertiary/aromatic N) is 1. The summed E-state index contributed by atoms with van der Waals surface area (Å²) in [6.45, 7) is 2.58. The number of rotatable bonds is 8. The highest BCUT2D eigenvalue weighted by Gasteiger charge is 2.32. The van der Waals surface area contributed by atoms with E-state index in [9.17, 15) is 9.59 Å². The van der Waals surface area contributed by atoms with Crippen LogP contribution in [-0.2, 0) is 4.79 Å². The third-order valence-electron chi connectivity index (χ3n) is 5.80. The van der Waals surface area contributed by atoms with Gasteiger partial charge in [0, 0.05) is 29.4 Å². The molecule has 1 aromatic carbocycles. The lowest BCUT2D eigenvalue weighted by Gasteiger charge is -2.31. The summed E-state index contributed by atoms with van der Waals surface area (Å²) in [4.78, 5) is 26.7. The van der Waals surface area contributed by atoms with E-state index in [0.29, 0.717) is 18.5 Å². The Balaban J connectivity index is 1.57. The smallest absolute Gasteiger partial charge is 0.251 e. The molecule has 1 aliphatic carbocycles. The minimum absolute atomic E-state index is 0.00720. The van der Waals surface area contributed by atoms with Gasteiger partial charge in [0.05, 0.1) is 15.8 Å². The molecule has 2 N–H and O–H groups in total. The van der Waals surface area contributed by atoms with Crippen LogP contribution in [-0.4, -0.2) is 24.4 Å². The van der Waals surface area contributed by atoms with Gasteiger partial charge in [0.2, 0.25) is 5.91 Å². The monoisotopic (exact) mass is 501 g/mol. The summed E-state index contributed by atoms with van der Waals surface area (Å²) < 4.78 is 1.07. The molecule has 1 fully saturated rings. The van der Waals surface area contributed by atoms with Crippen molar-refractivity contribution in [3.05, 3.63) is 45.7 Å². The lowest BCUT2D eigenvalue weighted by Crippen LogP contribution is -2.48. The van der Waals surface area contributed by atoms with Gasteiger partial charge in [-0.15, -0.1) is 11.3 Å². The average Bonchev–Trinajstić information content (AvgIpc) is 3.20. The van der Waals surface area contributed by atoms with Crippen molar-refractivity contribution in [2.75, 3.05) is 6.54 Å². The summed E-state index contributed by atoms with van der Waals surface area (Å²) in [7, 11) is 0. The van der Waals surface area contributed by atoms with E-state index in [4.69, 9.17) is 5.26 Å². The predicted molar refractivity (Wildman–Crippen MR) is 128 cm³/mol. The van der Waals surface area contributed by atoms with Crippen LogP contribution in [0.3, 0.4) is 0 Å². The average molecular weight is 502 g/mol. The third-order valence-corrected chi connectivity index (χ3v) is 7.47. The van der Waals surface area contributed by atoms with E-state index < -0.39 is 0 Å². The molecule has 3 atom stereocenters. The van der Waals surface area contributed by atoms with E-state index in [-0.39, 0.29) is 29.7 Å². The Kier molecular flexibility index (Phi) is 8.68. The first kappa shape index (κ1) is 23.5. The van der Waals surface area contributed by atoms with Gasteiger partial charge in [-0.1, -0.05) is 31.9 Å². The van der Waals surface area contributed by atoms with E-state index in [1.807, 2.05) is 37.3 Å². The fourth-order valence-electron chi connectivity index (χ4n) is 3.96. The SMILES string of the molecule is CC(CC#N)CCNC(=O)[C@@H]1CCCC[C@@H]1NC(=O)c1ccc(-c2ccc(Br)s2)cc1. The summed E-state index contributed by atoms with van der Waals surface area (Å²) >= 11 is 5.13. The van der Waals surface area contributed by atoms with Crippen LogP contribution < -0.4 is 10.6 Å². The first-order valence-corrected chi connectivity index (χ1v) is 12.4. The normalized spacial score (nSPS) is 19.3. The van der Waals surface area contributed by atoms with Crippen molar-refractivity contribution in [1.29, 1.82) is 5.26 Å². The fraction of sp³-hybridized carbons (Fsp3) is 0.458.